The van der Waals surface area contributed by atoms with Crippen LogP contribution in [0, 0.1) is 18.7 Å². The predicted octanol–water partition coefficient (Wildman–Crippen LogP) is 3.89. The third-order valence-corrected chi connectivity index (χ3v) is 4.21. The number of halogens is 1. The van der Waals surface area contributed by atoms with Gasteiger partial charge in [0.2, 0.25) is 0 Å². The molecule has 0 spiro atoms. The van der Waals surface area contributed by atoms with Crippen molar-refractivity contribution in [1.82, 2.24) is 0 Å². The summed E-state index contributed by atoms with van der Waals surface area (Å²) in [7, 11) is 0. The van der Waals surface area contributed by atoms with E-state index in [2.05, 4.69) is 6.92 Å². The smallest absolute Gasteiger partial charge is 0.126 e. The van der Waals surface area contributed by atoms with Crippen LogP contribution in [0.5, 0.6) is 0 Å². The Labute approximate surface area is 103 Å². The lowest BCUT2D eigenvalue weighted by Crippen LogP contribution is -2.41. The molecule has 0 radical (unpaired) electrons. The molecule has 2 atom stereocenters. The van der Waals surface area contributed by atoms with Crippen molar-refractivity contribution in [2.45, 2.75) is 51.5 Å². The molecule has 1 fully saturated rings. The molecule has 1 aromatic carbocycles. The molecule has 1 saturated carbocycles. The van der Waals surface area contributed by atoms with E-state index in [0.29, 0.717) is 11.5 Å². The molecular weight excluding hydrogens is 213 g/mol. The van der Waals surface area contributed by atoms with Crippen molar-refractivity contribution < 1.29 is 4.39 Å². The zero-order valence-electron chi connectivity index (χ0n) is 10.8. The third kappa shape index (κ3) is 2.52. The first kappa shape index (κ1) is 12.6. The number of nitrogens with two attached hydrogens (primary N) is 1. The van der Waals surface area contributed by atoms with E-state index in [-0.39, 0.29) is 11.4 Å². The van der Waals surface area contributed by atoms with Crippen molar-refractivity contribution in [1.29, 1.82) is 0 Å². The normalized spacial score (nSPS) is 29.3. The lowest BCUT2D eigenvalue weighted by molar-refractivity contribution is 0.221. The molecule has 2 rings (SSSR count). The summed E-state index contributed by atoms with van der Waals surface area (Å²) >= 11 is 0. The summed E-state index contributed by atoms with van der Waals surface area (Å²) < 4.78 is 13.6. The van der Waals surface area contributed by atoms with Crippen LogP contribution in [-0.2, 0) is 5.54 Å². The average Bonchev–Trinajstić information content (AvgIpc) is 2.32. The van der Waals surface area contributed by atoms with Gasteiger partial charge >= 0.3 is 0 Å². The molecule has 0 heterocycles. The van der Waals surface area contributed by atoms with Gasteiger partial charge in [-0.15, -0.1) is 0 Å². The van der Waals surface area contributed by atoms with Crippen LogP contribution >= 0.6 is 0 Å². The van der Waals surface area contributed by atoms with Crippen LogP contribution in [0.4, 0.5) is 4.39 Å². The number of rotatable bonds is 2. The Morgan fingerprint density at radius 1 is 1.47 bits per heavy atom. The van der Waals surface area contributed by atoms with Crippen molar-refractivity contribution in [2.75, 3.05) is 0 Å². The van der Waals surface area contributed by atoms with Crippen LogP contribution in [0.2, 0.25) is 0 Å². The van der Waals surface area contributed by atoms with Crippen molar-refractivity contribution in [3.8, 4) is 0 Å². The summed E-state index contributed by atoms with van der Waals surface area (Å²) in [6.07, 6.45) is 5.57. The molecule has 1 nitrogen and oxygen atoms in total. The van der Waals surface area contributed by atoms with E-state index in [9.17, 15) is 4.39 Å². The standard InChI is InChI=1S/C15H22FN/c1-3-12-5-4-8-15(17,10-12)13-7-6-11(2)14(16)9-13/h6-7,9,12H,3-5,8,10,17H2,1-2H3. The molecule has 2 unspecified atom stereocenters. The van der Waals surface area contributed by atoms with Gasteiger partial charge in [-0.25, -0.2) is 4.39 Å². The Hall–Kier alpha value is -0.890. The fourth-order valence-corrected chi connectivity index (χ4v) is 2.94. The monoisotopic (exact) mass is 235 g/mol. The Kier molecular flexibility index (Phi) is 3.53. The van der Waals surface area contributed by atoms with Gasteiger partial charge in [0.1, 0.15) is 5.82 Å². The average molecular weight is 235 g/mol. The van der Waals surface area contributed by atoms with Crippen LogP contribution in [0.3, 0.4) is 0 Å². The molecule has 0 aliphatic heterocycles. The Balaban J connectivity index is 2.27. The van der Waals surface area contributed by atoms with Gasteiger partial charge in [-0.1, -0.05) is 38.3 Å². The molecule has 0 bridgehead atoms. The van der Waals surface area contributed by atoms with Crippen molar-refractivity contribution in [3.63, 3.8) is 0 Å². The minimum absolute atomic E-state index is 0.133. The zero-order valence-corrected chi connectivity index (χ0v) is 10.8. The lowest BCUT2D eigenvalue weighted by atomic mass is 9.72. The molecule has 0 amide bonds. The highest BCUT2D eigenvalue weighted by Crippen LogP contribution is 2.39. The van der Waals surface area contributed by atoms with E-state index in [1.165, 1.54) is 12.8 Å². The highest BCUT2D eigenvalue weighted by atomic mass is 19.1. The van der Waals surface area contributed by atoms with Crippen molar-refractivity contribution >= 4 is 0 Å². The Morgan fingerprint density at radius 2 is 2.24 bits per heavy atom. The third-order valence-electron chi connectivity index (χ3n) is 4.21. The number of aryl methyl sites for hydroxylation is 1. The zero-order chi connectivity index (χ0) is 12.5. The van der Waals surface area contributed by atoms with Gasteiger partial charge in [-0.2, -0.15) is 0 Å². The second kappa shape index (κ2) is 4.77. The summed E-state index contributed by atoms with van der Waals surface area (Å²) in [5.41, 5.74) is 7.85. The van der Waals surface area contributed by atoms with Crippen molar-refractivity contribution in [3.05, 3.63) is 35.1 Å². The van der Waals surface area contributed by atoms with Crippen LogP contribution in [0.1, 0.15) is 50.2 Å². The molecule has 2 heteroatoms. The molecule has 1 aliphatic carbocycles. The van der Waals surface area contributed by atoms with E-state index >= 15 is 0 Å². The summed E-state index contributed by atoms with van der Waals surface area (Å²) in [5.74, 6) is 0.559. The first-order valence-corrected chi connectivity index (χ1v) is 6.60. The van der Waals surface area contributed by atoms with E-state index in [1.54, 1.807) is 13.0 Å². The molecular formula is C15H22FN. The second-order valence-electron chi connectivity index (χ2n) is 5.49. The molecule has 0 aromatic heterocycles. The van der Waals surface area contributed by atoms with Crippen LogP contribution in [0.25, 0.3) is 0 Å². The largest absolute Gasteiger partial charge is 0.321 e. The molecule has 2 N–H and O–H groups in total. The fourth-order valence-electron chi connectivity index (χ4n) is 2.94. The molecule has 94 valence electrons. The van der Waals surface area contributed by atoms with Crippen LogP contribution in [-0.4, -0.2) is 0 Å². The van der Waals surface area contributed by atoms with Gasteiger partial charge in [0, 0.05) is 5.54 Å². The Morgan fingerprint density at radius 3 is 2.88 bits per heavy atom. The van der Waals surface area contributed by atoms with Gasteiger partial charge in [0.15, 0.2) is 0 Å². The number of hydrogen-bond donors (Lipinski definition) is 1. The summed E-state index contributed by atoms with van der Waals surface area (Å²) in [5, 5.41) is 0. The van der Waals surface area contributed by atoms with Gasteiger partial charge < -0.3 is 5.73 Å². The van der Waals surface area contributed by atoms with Crippen LogP contribution in [0.15, 0.2) is 18.2 Å². The molecule has 17 heavy (non-hydrogen) atoms. The lowest BCUT2D eigenvalue weighted by Gasteiger charge is -2.38. The summed E-state index contributed by atoms with van der Waals surface area (Å²) in [6, 6.07) is 5.47. The minimum atomic E-state index is -0.312. The van der Waals surface area contributed by atoms with E-state index < -0.39 is 0 Å². The SMILES string of the molecule is CCC1CCCC(N)(c2ccc(C)c(F)c2)C1. The van der Waals surface area contributed by atoms with Gasteiger partial charge in [-0.3, -0.25) is 0 Å². The maximum Gasteiger partial charge on any atom is 0.126 e. The first-order chi connectivity index (χ1) is 8.05. The van der Waals surface area contributed by atoms with Crippen LogP contribution < -0.4 is 5.73 Å². The second-order valence-corrected chi connectivity index (χ2v) is 5.49. The van der Waals surface area contributed by atoms with Gasteiger partial charge in [0.25, 0.3) is 0 Å². The first-order valence-electron chi connectivity index (χ1n) is 6.60. The highest BCUT2D eigenvalue weighted by Gasteiger charge is 2.33. The van der Waals surface area contributed by atoms with E-state index in [1.807, 2.05) is 12.1 Å². The van der Waals surface area contributed by atoms with Crippen molar-refractivity contribution in [2.24, 2.45) is 11.7 Å². The molecule has 0 saturated heterocycles. The topological polar surface area (TPSA) is 26.0 Å². The predicted molar refractivity (Wildman–Crippen MR) is 69.3 cm³/mol. The van der Waals surface area contributed by atoms with Gasteiger partial charge in [0.05, 0.1) is 0 Å². The number of hydrogen-bond acceptors (Lipinski definition) is 1. The Bertz CT molecular complexity index is 402. The fraction of sp³-hybridized carbons (Fsp3) is 0.600. The maximum atomic E-state index is 13.6. The maximum absolute atomic E-state index is 13.6. The molecule has 1 aliphatic rings. The van der Waals surface area contributed by atoms with E-state index in [4.69, 9.17) is 5.73 Å². The summed E-state index contributed by atoms with van der Waals surface area (Å²) in [4.78, 5) is 0. The quantitative estimate of drug-likeness (QED) is 0.827. The van der Waals surface area contributed by atoms with E-state index in [0.717, 1.165) is 24.8 Å². The highest BCUT2D eigenvalue weighted by molar-refractivity contribution is 5.29. The number of benzene rings is 1. The molecule has 1 aromatic rings. The summed E-state index contributed by atoms with van der Waals surface area (Å²) in [6.45, 7) is 4.00. The van der Waals surface area contributed by atoms with Gasteiger partial charge in [-0.05, 0) is 42.9 Å². The minimum Gasteiger partial charge on any atom is -0.321 e.